The second kappa shape index (κ2) is 6.20. The molecule has 0 aromatic carbocycles. The lowest BCUT2D eigenvalue weighted by Gasteiger charge is -2.09. The maximum absolute atomic E-state index is 5.01. The average molecular weight is 249 g/mol. The van der Waals surface area contributed by atoms with Gasteiger partial charge in [0, 0.05) is 45.9 Å². The molecule has 2 heterocycles. The van der Waals surface area contributed by atoms with Gasteiger partial charge in [0.25, 0.3) is 0 Å². The molecule has 0 atom stereocenters. The van der Waals surface area contributed by atoms with E-state index in [1.807, 2.05) is 24.0 Å². The summed E-state index contributed by atoms with van der Waals surface area (Å²) in [5, 5.41) is 7.46. The largest absolute Gasteiger partial charge is 0.385 e. The molecule has 0 bridgehead atoms. The van der Waals surface area contributed by atoms with E-state index in [2.05, 4.69) is 20.0 Å². The summed E-state index contributed by atoms with van der Waals surface area (Å²) in [4.78, 5) is 4.31. The molecule has 6 nitrogen and oxygen atoms in total. The second-order valence-electron chi connectivity index (χ2n) is 4.10. The fraction of sp³-hybridized carbons (Fsp3) is 0.500. The minimum Gasteiger partial charge on any atom is -0.385 e. The fourth-order valence-electron chi connectivity index (χ4n) is 1.75. The van der Waals surface area contributed by atoms with E-state index in [0.29, 0.717) is 0 Å². The van der Waals surface area contributed by atoms with E-state index < -0.39 is 0 Å². The average Bonchev–Trinajstić information content (AvgIpc) is 2.96. The van der Waals surface area contributed by atoms with Crippen molar-refractivity contribution in [1.29, 1.82) is 0 Å². The Morgan fingerprint density at radius 1 is 1.39 bits per heavy atom. The zero-order valence-electron chi connectivity index (χ0n) is 10.8. The first-order valence-corrected chi connectivity index (χ1v) is 6.02. The highest BCUT2D eigenvalue weighted by Crippen LogP contribution is 2.08. The third-order valence-electron chi connectivity index (χ3n) is 2.78. The van der Waals surface area contributed by atoms with Gasteiger partial charge in [-0.2, -0.15) is 5.10 Å². The third-order valence-corrected chi connectivity index (χ3v) is 2.78. The summed E-state index contributed by atoms with van der Waals surface area (Å²) >= 11 is 0. The van der Waals surface area contributed by atoms with Crippen LogP contribution in [0.4, 0.5) is 5.95 Å². The lowest BCUT2D eigenvalue weighted by Crippen LogP contribution is -2.12. The standard InChI is InChI=1S/C12H19N5O/c1-16-11(4-6-15-16)10-17-8-7-14-12(17)13-5-3-9-18-2/h4,6-8H,3,5,9-10H2,1-2H3,(H,13,14). The van der Waals surface area contributed by atoms with Crippen LogP contribution in [-0.4, -0.2) is 39.6 Å². The van der Waals surface area contributed by atoms with Crippen molar-refractivity contribution >= 4 is 5.95 Å². The van der Waals surface area contributed by atoms with Crippen LogP contribution in [0.2, 0.25) is 0 Å². The van der Waals surface area contributed by atoms with Crippen molar-refractivity contribution in [3.05, 3.63) is 30.4 Å². The summed E-state index contributed by atoms with van der Waals surface area (Å²) in [6, 6.07) is 2.01. The Kier molecular flexibility index (Phi) is 4.35. The topological polar surface area (TPSA) is 56.9 Å². The number of nitrogens with one attached hydrogen (secondary N) is 1. The number of aromatic nitrogens is 4. The van der Waals surface area contributed by atoms with Crippen LogP contribution >= 0.6 is 0 Å². The second-order valence-corrected chi connectivity index (χ2v) is 4.10. The zero-order valence-corrected chi connectivity index (χ0v) is 10.8. The predicted molar refractivity (Wildman–Crippen MR) is 69.5 cm³/mol. The normalized spacial score (nSPS) is 10.8. The van der Waals surface area contributed by atoms with Crippen LogP contribution < -0.4 is 5.32 Å². The number of hydrogen-bond acceptors (Lipinski definition) is 4. The van der Waals surface area contributed by atoms with Crippen molar-refractivity contribution in [3.63, 3.8) is 0 Å². The van der Waals surface area contributed by atoms with Gasteiger partial charge in [0.2, 0.25) is 5.95 Å². The van der Waals surface area contributed by atoms with Crippen molar-refractivity contribution in [2.45, 2.75) is 13.0 Å². The molecular weight excluding hydrogens is 230 g/mol. The van der Waals surface area contributed by atoms with Gasteiger partial charge in [-0.3, -0.25) is 4.68 Å². The lowest BCUT2D eigenvalue weighted by molar-refractivity contribution is 0.197. The Labute approximate surface area is 107 Å². The molecule has 0 aliphatic carbocycles. The molecule has 0 radical (unpaired) electrons. The molecule has 0 spiro atoms. The molecular formula is C12H19N5O. The van der Waals surface area contributed by atoms with Gasteiger partial charge in [-0.05, 0) is 12.5 Å². The van der Waals surface area contributed by atoms with E-state index >= 15 is 0 Å². The molecule has 0 saturated heterocycles. The molecule has 0 aliphatic heterocycles. The molecule has 0 saturated carbocycles. The van der Waals surface area contributed by atoms with Crippen LogP contribution in [0.25, 0.3) is 0 Å². The summed E-state index contributed by atoms with van der Waals surface area (Å²) in [5.41, 5.74) is 1.15. The van der Waals surface area contributed by atoms with Crippen molar-refractivity contribution in [1.82, 2.24) is 19.3 Å². The number of ether oxygens (including phenoxy) is 1. The Morgan fingerprint density at radius 2 is 2.28 bits per heavy atom. The minimum atomic E-state index is 0.759. The maximum Gasteiger partial charge on any atom is 0.203 e. The van der Waals surface area contributed by atoms with Crippen LogP contribution in [0, 0.1) is 0 Å². The first-order chi connectivity index (χ1) is 8.81. The number of rotatable bonds is 7. The highest BCUT2D eigenvalue weighted by molar-refractivity contribution is 5.26. The van der Waals surface area contributed by atoms with Gasteiger partial charge >= 0.3 is 0 Å². The molecule has 1 N–H and O–H groups in total. The first kappa shape index (κ1) is 12.6. The summed E-state index contributed by atoms with van der Waals surface area (Å²) in [5.74, 6) is 0.882. The van der Waals surface area contributed by atoms with Crippen LogP contribution in [-0.2, 0) is 18.3 Å². The van der Waals surface area contributed by atoms with Gasteiger partial charge < -0.3 is 14.6 Å². The highest BCUT2D eigenvalue weighted by atomic mass is 16.5. The molecule has 0 aliphatic rings. The van der Waals surface area contributed by atoms with E-state index in [4.69, 9.17) is 4.74 Å². The van der Waals surface area contributed by atoms with E-state index in [0.717, 1.165) is 37.8 Å². The van der Waals surface area contributed by atoms with Crippen molar-refractivity contribution in [2.75, 3.05) is 25.6 Å². The van der Waals surface area contributed by atoms with Crippen LogP contribution in [0.1, 0.15) is 12.1 Å². The van der Waals surface area contributed by atoms with E-state index in [9.17, 15) is 0 Å². The minimum absolute atomic E-state index is 0.759. The molecule has 2 rings (SSSR count). The maximum atomic E-state index is 5.01. The monoisotopic (exact) mass is 249 g/mol. The summed E-state index contributed by atoms with van der Waals surface area (Å²) in [7, 11) is 3.65. The van der Waals surface area contributed by atoms with Crippen molar-refractivity contribution in [2.24, 2.45) is 7.05 Å². The van der Waals surface area contributed by atoms with Gasteiger partial charge in [0.1, 0.15) is 0 Å². The Morgan fingerprint density at radius 3 is 3.00 bits per heavy atom. The van der Waals surface area contributed by atoms with Gasteiger partial charge in [-0.1, -0.05) is 0 Å². The number of nitrogens with zero attached hydrogens (tertiary/aromatic N) is 4. The third kappa shape index (κ3) is 3.10. The fourth-order valence-corrected chi connectivity index (χ4v) is 1.75. The predicted octanol–water partition coefficient (Wildman–Crippen LogP) is 1.11. The molecule has 18 heavy (non-hydrogen) atoms. The Hall–Kier alpha value is -1.82. The number of hydrogen-bond donors (Lipinski definition) is 1. The van der Waals surface area contributed by atoms with Gasteiger partial charge in [0.15, 0.2) is 0 Å². The van der Waals surface area contributed by atoms with Crippen molar-refractivity contribution in [3.8, 4) is 0 Å². The van der Waals surface area contributed by atoms with Crippen LogP contribution in [0.5, 0.6) is 0 Å². The number of imidazole rings is 1. The van der Waals surface area contributed by atoms with Crippen LogP contribution in [0.15, 0.2) is 24.7 Å². The summed E-state index contributed by atoms with van der Waals surface area (Å²) < 4.78 is 8.96. The summed E-state index contributed by atoms with van der Waals surface area (Å²) in [6.45, 7) is 2.38. The highest BCUT2D eigenvalue weighted by Gasteiger charge is 2.05. The molecule has 0 amide bonds. The number of aryl methyl sites for hydroxylation is 1. The molecule has 98 valence electrons. The van der Waals surface area contributed by atoms with Crippen LogP contribution in [0.3, 0.4) is 0 Å². The van der Waals surface area contributed by atoms with Gasteiger partial charge in [0.05, 0.1) is 12.2 Å². The van der Waals surface area contributed by atoms with E-state index in [1.54, 1.807) is 19.5 Å². The lowest BCUT2D eigenvalue weighted by atomic mass is 10.4. The van der Waals surface area contributed by atoms with E-state index in [1.165, 1.54) is 0 Å². The number of methoxy groups -OCH3 is 1. The molecule has 2 aromatic rings. The molecule has 0 fully saturated rings. The number of anilines is 1. The van der Waals surface area contributed by atoms with E-state index in [-0.39, 0.29) is 0 Å². The quantitative estimate of drug-likeness (QED) is 0.747. The Bertz CT molecular complexity index is 476. The summed E-state index contributed by atoms with van der Waals surface area (Å²) in [6.07, 6.45) is 6.54. The molecule has 6 heteroatoms. The van der Waals surface area contributed by atoms with Crippen molar-refractivity contribution < 1.29 is 4.74 Å². The van der Waals surface area contributed by atoms with Gasteiger partial charge in [-0.25, -0.2) is 4.98 Å². The zero-order chi connectivity index (χ0) is 12.8. The first-order valence-electron chi connectivity index (χ1n) is 6.02. The molecule has 2 aromatic heterocycles. The van der Waals surface area contributed by atoms with Gasteiger partial charge in [-0.15, -0.1) is 0 Å². The smallest absolute Gasteiger partial charge is 0.203 e. The Balaban J connectivity index is 1.93. The molecule has 0 unspecified atom stereocenters. The SMILES string of the molecule is COCCCNc1nccn1Cc1ccnn1C.